The van der Waals surface area contributed by atoms with Crippen LogP contribution >= 0.6 is 0 Å². The fourth-order valence-corrected chi connectivity index (χ4v) is 2.54. The summed E-state index contributed by atoms with van der Waals surface area (Å²) in [6.07, 6.45) is 3.29. The van der Waals surface area contributed by atoms with Gasteiger partial charge in [0.2, 0.25) is 0 Å². The van der Waals surface area contributed by atoms with Crippen molar-refractivity contribution in [3.8, 4) is 0 Å². The van der Waals surface area contributed by atoms with E-state index in [1.54, 1.807) is 28.8 Å². The van der Waals surface area contributed by atoms with Crippen molar-refractivity contribution in [1.29, 1.82) is 0 Å². The molecular formula is C16H24N2O3. The Hall–Kier alpha value is -1.78. The minimum Gasteiger partial charge on any atom is -0.444 e. The molecule has 5 nitrogen and oxygen atoms in total. The predicted octanol–water partition coefficient (Wildman–Crippen LogP) is 2.50. The molecule has 1 aliphatic rings. The van der Waals surface area contributed by atoms with Gasteiger partial charge in [0.05, 0.1) is 0 Å². The van der Waals surface area contributed by atoms with Gasteiger partial charge < -0.3 is 14.2 Å². The van der Waals surface area contributed by atoms with Gasteiger partial charge in [0.25, 0.3) is 5.56 Å². The topological polar surface area (TPSA) is 51.5 Å². The number of pyridine rings is 1. The smallest absolute Gasteiger partial charge is 0.410 e. The van der Waals surface area contributed by atoms with Crippen LogP contribution in [0.4, 0.5) is 4.79 Å². The Kier molecular flexibility index (Phi) is 4.40. The molecule has 5 heteroatoms. The molecule has 1 amide bonds. The van der Waals surface area contributed by atoms with Crippen molar-refractivity contribution in [3.05, 3.63) is 34.2 Å². The normalized spacial score (nSPS) is 16.9. The first-order valence-corrected chi connectivity index (χ1v) is 7.41. The average Bonchev–Trinajstić information content (AvgIpc) is 2.40. The largest absolute Gasteiger partial charge is 0.444 e. The van der Waals surface area contributed by atoms with E-state index in [9.17, 15) is 9.59 Å². The van der Waals surface area contributed by atoms with Gasteiger partial charge in [-0.25, -0.2) is 4.79 Å². The molecular weight excluding hydrogens is 268 g/mol. The van der Waals surface area contributed by atoms with Crippen molar-refractivity contribution >= 4 is 6.09 Å². The summed E-state index contributed by atoms with van der Waals surface area (Å²) in [5, 5.41) is 0. The molecule has 21 heavy (non-hydrogen) atoms. The third kappa shape index (κ3) is 4.09. The number of rotatable bonds is 1. The van der Waals surface area contributed by atoms with Crippen molar-refractivity contribution in [2.45, 2.75) is 45.1 Å². The summed E-state index contributed by atoms with van der Waals surface area (Å²) in [7, 11) is 1.75. The summed E-state index contributed by atoms with van der Waals surface area (Å²) in [6, 6.07) is 3.70. The third-order valence-corrected chi connectivity index (χ3v) is 3.75. The summed E-state index contributed by atoms with van der Waals surface area (Å²) in [6.45, 7) is 6.97. The van der Waals surface area contributed by atoms with E-state index in [1.165, 1.54) is 0 Å². The number of carbonyl (C=O) groups is 1. The van der Waals surface area contributed by atoms with E-state index in [4.69, 9.17) is 4.74 Å². The quantitative estimate of drug-likeness (QED) is 0.799. The third-order valence-electron chi connectivity index (χ3n) is 3.75. The highest BCUT2D eigenvalue weighted by molar-refractivity contribution is 5.68. The summed E-state index contributed by atoms with van der Waals surface area (Å²) in [5.41, 5.74) is 0.628. The lowest BCUT2D eigenvalue weighted by atomic mass is 9.90. The number of amides is 1. The number of aryl methyl sites for hydroxylation is 1. The zero-order valence-electron chi connectivity index (χ0n) is 13.3. The number of likely N-dealkylation sites (tertiary alicyclic amines) is 1. The number of hydrogen-bond acceptors (Lipinski definition) is 3. The Balaban J connectivity index is 1.95. The van der Waals surface area contributed by atoms with Crippen molar-refractivity contribution < 1.29 is 9.53 Å². The van der Waals surface area contributed by atoms with E-state index >= 15 is 0 Å². The second-order valence-electron chi connectivity index (χ2n) is 6.65. The molecule has 1 aliphatic heterocycles. The minimum atomic E-state index is -0.459. The fourth-order valence-electron chi connectivity index (χ4n) is 2.54. The van der Waals surface area contributed by atoms with E-state index in [1.807, 2.05) is 26.8 Å². The van der Waals surface area contributed by atoms with Gasteiger partial charge in [0, 0.05) is 32.4 Å². The van der Waals surface area contributed by atoms with Crippen LogP contribution in [-0.4, -0.2) is 34.3 Å². The highest BCUT2D eigenvalue weighted by atomic mass is 16.6. The Morgan fingerprint density at radius 3 is 2.43 bits per heavy atom. The lowest BCUT2D eigenvalue weighted by Crippen LogP contribution is -2.41. The first-order chi connectivity index (χ1) is 9.76. The zero-order chi connectivity index (χ0) is 15.6. The van der Waals surface area contributed by atoms with Crippen LogP contribution in [0.2, 0.25) is 0 Å². The number of ether oxygens (including phenoxy) is 1. The number of aromatic nitrogens is 1. The molecule has 116 valence electrons. The zero-order valence-corrected chi connectivity index (χ0v) is 13.3. The molecule has 1 aromatic heterocycles. The monoisotopic (exact) mass is 292 g/mol. The molecule has 0 saturated carbocycles. The Morgan fingerprint density at radius 1 is 1.29 bits per heavy atom. The van der Waals surface area contributed by atoms with E-state index in [-0.39, 0.29) is 11.7 Å². The average molecular weight is 292 g/mol. The van der Waals surface area contributed by atoms with Crippen molar-refractivity contribution in [2.75, 3.05) is 13.1 Å². The van der Waals surface area contributed by atoms with E-state index in [0.717, 1.165) is 18.4 Å². The van der Waals surface area contributed by atoms with Crippen molar-refractivity contribution in [2.24, 2.45) is 7.05 Å². The molecule has 1 saturated heterocycles. The molecule has 0 spiro atoms. The molecule has 2 rings (SSSR count). The first-order valence-electron chi connectivity index (χ1n) is 7.41. The van der Waals surface area contributed by atoms with Gasteiger partial charge >= 0.3 is 6.09 Å². The lowest BCUT2D eigenvalue weighted by molar-refractivity contribution is 0.0205. The molecule has 0 aromatic carbocycles. The molecule has 0 N–H and O–H groups in total. The second kappa shape index (κ2) is 5.92. The Morgan fingerprint density at radius 2 is 1.90 bits per heavy atom. The number of nitrogens with zero attached hydrogens (tertiary/aromatic N) is 2. The van der Waals surface area contributed by atoms with Crippen LogP contribution in [0.1, 0.15) is 45.1 Å². The molecule has 0 radical (unpaired) electrons. The van der Waals surface area contributed by atoms with Gasteiger partial charge in [0.15, 0.2) is 0 Å². The van der Waals surface area contributed by atoms with E-state index in [2.05, 4.69) is 0 Å². The molecule has 1 aromatic rings. The van der Waals surface area contributed by atoms with Gasteiger partial charge in [-0.15, -0.1) is 0 Å². The van der Waals surface area contributed by atoms with Crippen LogP contribution in [0.5, 0.6) is 0 Å². The number of piperidine rings is 1. The summed E-state index contributed by atoms with van der Waals surface area (Å²) < 4.78 is 6.96. The van der Waals surface area contributed by atoms with E-state index in [0.29, 0.717) is 19.0 Å². The number of carbonyl (C=O) groups excluding carboxylic acids is 1. The lowest BCUT2D eigenvalue weighted by Gasteiger charge is -2.33. The highest BCUT2D eigenvalue weighted by Crippen LogP contribution is 2.27. The highest BCUT2D eigenvalue weighted by Gasteiger charge is 2.27. The summed E-state index contributed by atoms with van der Waals surface area (Å²) in [4.78, 5) is 25.4. The maximum atomic E-state index is 12.0. The number of hydrogen-bond donors (Lipinski definition) is 0. The summed E-state index contributed by atoms with van der Waals surface area (Å²) >= 11 is 0. The van der Waals surface area contributed by atoms with Crippen LogP contribution in [0.3, 0.4) is 0 Å². The van der Waals surface area contributed by atoms with Crippen LogP contribution in [-0.2, 0) is 11.8 Å². The Labute approximate surface area is 125 Å². The van der Waals surface area contributed by atoms with Gasteiger partial charge in [0.1, 0.15) is 5.60 Å². The van der Waals surface area contributed by atoms with Crippen LogP contribution in [0.15, 0.2) is 23.1 Å². The minimum absolute atomic E-state index is 0.0158. The van der Waals surface area contributed by atoms with Gasteiger partial charge in [-0.2, -0.15) is 0 Å². The second-order valence-corrected chi connectivity index (χ2v) is 6.65. The standard InChI is InChI=1S/C16H24N2O3/c1-16(2,3)21-15(20)18-9-6-12(7-10-18)13-5-8-17(4)14(19)11-13/h5,8,11-12H,6-7,9-10H2,1-4H3. The Bertz CT molecular complexity index is 564. The predicted molar refractivity (Wildman–Crippen MR) is 81.5 cm³/mol. The maximum absolute atomic E-state index is 12.0. The summed E-state index contributed by atoms with van der Waals surface area (Å²) in [5.74, 6) is 0.345. The molecule has 2 heterocycles. The van der Waals surface area contributed by atoms with Crippen LogP contribution in [0, 0.1) is 0 Å². The molecule has 0 aliphatic carbocycles. The van der Waals surface area contributed by atoms with Gasteiger partial charge in [-0.05, 0) is 51.2 Å². The molecule has 0 bridgehead atoms. The van der Waals surface area contributed by atoms with Crippen molar-refractivity contribution in [3.63, 3.8) is 0 Å². The van der Waals surface area contributed by atoms with Crippen LogP contribution < -0.4 is 5.56 Å². The van der Waals surface area contributed by atoms with Gasteiger partial charge in [-0.1, -0.05) is 0 Å². The molecule has 1 fully saturated rings. The van der Waals surface area contributed by atoms with Crippen LogP contribution in [0.25, 0.3) is 0 Å². The molecule has 0 unspecified atom stereocenters. The molecule has 0 atom stereocenters. The SMILES string of the molecule is Cn1ccc(C2CCN(C(=O)OC(C)(C)C)CC2)cc1=O. The maximum Gasteiger partial charge on any atom is 0.410 e. The first kappa shape index (κ1) is 15.6. The van der Waals surface area contributed by atoms with Gasteiger partial charge in [-0.3, -0.25) is 4.79 Å². The fraction of sp³-hybridized carbons (Fsp3) is 0.625. The van der Waals surface area contributed by atoms with Crippen molar-refractivity contribution in [1.82, 2.24) is 9.47 Å². The van der Waals surface area contributed by atoms with E-state index < -0.39 is 5.60 Å².